The quantitative estimate of drug-likeness (QED) is 0.908. The summed E-state index contributed by atoms with van der Waals surface area (Å²) in [5.41, 5.74) is 0.238. The molecule has 1 atom stereocenters. The highest BCUT2D eigenvalue weighted by Gasteiger charge is 2.21. The van der Waals surface area contributed by atoms with E-state index in [9.17, 15) is 4.79 Å². The van der Waals surface area contributed by atoms with Crippen molar-refractivity contribution in [2.75, 3.05) is 13.2 Å². The maximum absolute atomic E-state index is 12.1. The van der Waals surface area contributed by atoms with Gasteiger partial charge in [0.2, 0.25) is 0 Å². The Bertz CT molecular complexity index is 445. The van der Waals surface area contributed by atoms with Gasteiger partial charge >= 0.3 is 0 Å². The predicted octanol–water partition coefficient (Wildman–Crippen LogP) is 1.77. The smallest absolute Gasteiger partial charge is 0.271 e. The van der Waals surface area contributed by atoms with Crippen molar-refractivity contribution < 1.29 is 9.53 Å². The molecule has 1 amide bonds. The minimum Gasteiger partial charge on any atom is -0.379 e. The van der Waals surface area contributed by atoms with Crippen LogP contribution in [0.5, 0.6) is 0 Å². The van der Waals surface area contributed by atoms with Gasteiger partial charge in [0.05, 0.1) is 23.9 Å². The number of amides is 1. The summed E-state index contributed by atoms with van der Waals surface area (Å²) >= 11 is 5.96. The van der Waals surface area contributed by atoms with E-state index in [1.807, 2.05) is 13.8 Å². The first-order valence-corrected chi connectivity index (χ1v) is 6.36. The van der Waals surface area contributed by atoms with Crippen molar-refractivity contribution in [2.24, 2.45) is 0 Å². The van der Waals surface area contributed by atoms with Crippen molar-refractivity contribution in [3.63, 3.8) is 0 Å². The van der Waals surface area contributed by atoms with E-state index in [0.717, 1.165) is 6.42 Å². The molecule has 1 aliphatic rings. The van der Waals surface area contributed by atoms with Gasteiger partial charge < -0.3 is 10.1 Å². The summed E-state index contributed by atoms with van der Waals surface area (Å²) in [5, 5.41) is 3.14. The van der Waals surface area contributed by atoms with Crippen LogP contribution in [0.25, 0.3) is 0 Å². The van der Waals surface area contributed by atoms with Gasteiger partial charge in [-0.25, -0.2) is 9.97 Å². The Kier molecular flexibility index (Phi) is 4.14. The molecule has 0 spiro atoms. The molecule has 2 rings (SSSR count). The topological polar surface area (TPSA) is 64.1 Å². The number of rotatable bonds is 3. The Morgan fingerprint density at radius 2 is 2.39 bits per heavy atom. The van der Waals surface area contributed by atoms with E-state index in [1.165, 1.54) is 6.20 Å². The zero-order chi connectivity index (χ0) is 13.1. The number of carbonyl (C=O) groups is 1. The molecule has 1 aromatic heterocycles. The molecule has 0 aliphatic carbocycles. The molecule has 6 heteroatoms. The van der Waals surface area contributed by atoms with Crippen LogP contribution in [-0.2, 0) is 4.74 Å². The van der Waals surface area contributed by atoms with Gasteiger partial charge in [0.1, 0.15) is 11.5 Å². The molecule has 18 heavy (non-hydrogen) atoms. The number of aromatic nitrogens is 2. The Hall–Kier alpha value is -1.20. The average Bonchev–Trinajstić information content (AvgIpc) is 2.81. The predicted molar refractivity (Wildman–Crippen MR) is 67.8 cm³/mol. The number of ether oxygens (including phenoxy) is 1. The fourth-order valence-electron chi connectivity index (χ4n) is 1.72. The highest BCUT2D eigenvalue weighted by atomic mass is 35.5. The third kappa shape index (κ3) is 2.97. The molecule has 98 valence electrons. The van der Waals surface area contributed by atoms with Crippen LogP contribution in [0.2, 0.25) is 5.02 Å². The molecule has 1 fully saturated rings. The minimum absolute atomic E-state index is 0.0473. The number of carbonyl (C=O) groups excluding carboxylic acids is 1. The molecule has 0 saturated carbocycles. The zero-order valence-corrected chi connectivity index (χ0v) is 11.2. The maximum atomic E-state index is 12.1. The summed E-state index contributed by atoms with van der Waals surface area (Å²) < 4.78 is 5.21. The molecular formula is C12H16ClN3O2. The minimum atomic E-state index is -0.264. The number of nitrogens with one attached hydrogen (secondary N) is 1. The first kappa shape index (κ1) is 13.2. The summed E-state index contributed by atoms with van der Waals surface area (Å²) in [5.74, 6) is 0.510. The van der Waals surface area contributed by atoms with Gasteiger partial charge in [-0.05, 0) is 6.42 Å². The van der Waals surface area contributed by atoms with Crippen molar-refractivity contribution in [3.05, 3.63) is 22.7 Å². The van der Waals surface area contributed by atoms with Crippen LogP contribution in [0.4, 0.5) is 0 Å². The summed E-state index contributed by atoms with van der Waals surface area (Å²) in [6, 6.07) is 0.0473. The SMILES string of the molecule is CC(C)c1ncc(Cl)c(C(=O)NC2CCOC2)n1. The maximum Gasteiger partial charge on any atom is 0.271 e. The molecule has 1 aliphatic heterocycles. The number of hydrogen-bond acceptors (Lipinski definition) is 4. The van der Waals surface area contributed by atoms with Gasteiger partial charge in [0.25, 0.3) is 5.91 Å². The van der Waals surface area contributed by atoms with E-state index < -0.39 is 0 Å². The fourth-order valence-corrected chi connectivity index (χ4v) is 1.90. The zero-order valence-electron chi connectivity index (χ0n) is 10.4. The highest BCUT2D eigenvalue weighted by Crippen LogP contribution is 2.16. The summed E-state index contributed by atoms with van der Waals surface area (Å²) in [6.45, 7) is 5.16. The Morgan fingerprint density at radius 1 is 1.61 bits per heavy atom. The summed E-state index contributed by atoms with van der Waals surface area (Å²) in [7, 11) is 0. The molecular weight excluding hydrogens is 254 g/mol. The standard InChI is InChI=1S/C12H16ClN3O2/c1-7(2)11-14-5-9(13)10(16-11)12(17)15-8-3-4-18-6-8/h5,7-8H,3-4,6H2,1-2H3,(H,15,17). The van der Waals surface area contributed by atoms with Crippen LogP contribution < -0.4 is 5.32 Å². The van der Waals surface area contributed by atoms with E-state index in [4.69, 9.17) is 16.3 Å². The van der Waals surface area contributed by atoms with Gasteiger partial charge in [-0.15, -0.1) is 0 Å². The molecule has 5 nitrogen and oxygen atoms in total. The number of hydrogen-bond donors (Lipinski definition) is 1. The van der Waals surface area contributed by atoms with Gasteiger partial charge in [-0.3, -0.25) is 4.79 Å². The van der Waals surface area contributed by atoms with Crippen molar-refractivity contribution in [1.82, 2.24) is 15.3 Å². The molecule has 0 radical (unpaired) electrons. The molecule has 1 unspecified atom stereocenters. The lowest BCUT2D eigenvalue weighted by molar-refractivity contribution is 0.0924. The second kappa shape index (κ2) is 5.63. The van der Waals surface area contributed by atoms with Crippen molar-refractivity contribution in [1.29, 1.82) is 0 Å². The average molecular weight is 270 g/mol. The van der Waals surface area contributed by atoms with Crippen LogP contribution >= 0.6 is 11.6 Å². The lowest BCUT2D eigenvalue weighted by atomic mass is 10.2. The second-order valence-electron chi connectivity index (χ2n) is 4.61. The molecule has 2 heterocycles. The van der Waals surface area contributed by atoms with Crippen LogP contribution in [0.3, 0.4) is 0 Å². The van der Waals surface area contributed by atoms with Crippen molar-refractivity contribution in [2.45, 2.75) is 32.2 Å². The van der Waals surface area contributed by atoms with E-state index in [1.54, 1.807) is 0 Å². The summed E-state index contributed by atoms with van der Waals surface area (Å²) in [4.78, 5) is 20.4. The van der Waals surface area contributed by atoms with Crippen LogP contribution in [0, 0.1) is 0 Å². The van der Waals surface area contributed by atoms with Gasteiger partial charge in [0, 0.05) is 12.5 Å². The van der Waals surface area contributed by atoms with Gasteiger partial charge in [-0.2, -0.15) is 0 Å². The normalized spacial score (nSPS) is 19.2. The highest BCUT2D eigenvalue weighted by molar-refractivity contribution is 6.33. The Balaban J connectivity index is 2.15. The van der Waals surface area contributed by atoms with Crippen LogP contribution in [0.15, 0.2) is 6.20 Å². The molecule has 0 bridgehead atoms. The third-order valence-corrected chi connectivity index (χ3v) is 3.04. The second-order valence-corrected chi connectivity index (χ2v) is 5.02. The fraction of sp³-hybridized carbons (Fsp3) is 0.583. The Morgan fingerprint density at radius 3 is 3.00 bits per heavy atom. The van der Waals surface area contributed by atoms with E-state index >= 15 is 0 Å². The first-order valence-electron chi connectivity index (χ1n) is 5.99. The van der Waals surface area contributed by atoms with E-state index in [2.05, 4.69) is 15.3 Å². The summed E-state index contributed by atoms with van der Waals surface area (Å²) in [6.07, 6.45) is 2.30. The van der Waals surface area contributed by atoms with Crippen molar-refractivity contribution in [3.8, 4) is 0 Å². The lowest BCUT2D eigenvalue weighted by Crippen LogP contribution is -2.35. The van der Waals surface area contributed by atoms with E-state index in [-0.39, 0.29) is 28.6 Å². The molecule has 1 N–H and O–H groups in total. The van der Waals surface area contributed by atoms with Gasteiger partial charge in [0.15, 0.2) is 0 Å². The molecule has 1 saturated heterocycles. The lowest BCUT2D eigenvalue weighted by Gasteiger charge is -2.12. The van der Waals surface area contributed by atoms with E-state index in [0.29, 0.717) is 19.0 Å². The molecule has 1 aromatic rings. The Labute approximate surface area is 111 Å². The first-order chi connectivity index (χ1) is 8.58. The van der Waals surface area contributed by atoms with Gasteiger partial charge in [-0.1, -0.05) is 25.4 Å². The number of nitrogens with zero attached hydrogens (tertiary/aromatic N) is 2. The monoisotopic (exact) mass is 269 g/mol. The largest absolute Gasteiger partial charge is 0.379 e. The number of halogens is 1. The van der Waals surface area contributed by atoms with Crippen LogP contribution in [-0.4, -0.2) is 35.1 Å². The van der Waals surface area contributed by atoms with Crippen molar-refractivity contribution >= 4 is 17.5 Å². The third-order valence-electron chi connectivity index (χ3n) is 2.76. The van der Waals surface area contributed by atoms with Crippen LogP contribution in [0.1, 0.15) is 42.5 Å². The molecule has 0 aromatic carbocycles.